The second kappa shape index (κ2) is 5.87. The lowest BCUT2D eigenvalue weighted by Gasteiger charge is -2.09. The van der Waals surface area contributed by atoms with Crippen LogP contribution in [-0.2, 0) is 15.6 Å². The summed E-state index contributed by atoms with van der Waals surface area (Å²) in [5, 5.41) is 8.98. The van der Waals surface area contributed by atoms with Crippen molar-refractivity contribution in [3.8, 4) is 0 Å². The Bertz CT molecular complexity index is 797. The Morgan fingerprint density at radius 1 is 1.19 bits per heavy atom. The van der Waals surface area contributed by atoms with Crippen LogP contribution in [0.25, 0.3) is 0 Å². The molecular formula is C15H13ClO4S. The van der Waals surface area contributed by atoms with Gasteiger partial charge in [-0.15, -0.1) is 0 Å². The molecule has 0 amide bonds. The monoisotopic (exact) mass is 324 g/mol. The maximum absolute atomic E-state index is 12.5. The number of carbonyl (C=O) groups is 1. The number of carboxylic acids is 1. The van der Waals surface area contributed by atoms with E-state index in [1.165, 1.54) is 12.1 Å². The lowest BCUT2D eigenvalue weighted by atomic mass is 10.1. The fourth-order valence-corrected chi connectivity index (χ4v) is 3.96. The van der Waals surface area contributed by atoms with Crippen molar-refractivity contribution in [2.75, 3.05) is 0 Å². The first-order chi connectivity index (χ1) is 9.81. The van der Waals surface area contributed by atoms with Crippen LogP contribution >= 0.6 is 11.6 Å². The van der Waals surface area contributed by atoms with Gasteiger partial charge >= 0.3 is 5.97 Å². The minimum atomic E-state index is -3.72. The average Bonchev–Trinajstić information content (AvgIpc) is 2.41. The molecule has 110 valence electrons. The van der Waals surface area contributed by atoms with Gasteiger partial charge in [0.1, 0.15) is 0 Å². The van der Waals surface area contributed by atoms with Crippen LogP contribution in [0, 0.1) is 6.92 Å². The van der Waals surface area contributed by atoms with Gasteiger partial charge in [-0.05, 0) is 36.2 Å². The molecule has 0 saturated heterocycles. The first-order valence-electron chi connectivity index (χ1n) is 6.11. The fraction of sp³-hybridized carbons (Fsp3) is 0.133. The number of aromatic carboxylic acids is 1. The molecular weight excluding hydrogens is 312 g/mol. The third kappa shape index (κ3) is 3.43. The Morgan fingerprint density at radius 3 is 2.48 bits per heavy atom. The quantitative estimate of drug-likeness (QED) is 0.936. The molecule has 0 fully saturated rings. The lowest BCUT2D eigenvalue weighted by Crippen LogP contribution is -2.08. The molecule has 1 N–H and O–H groups in total. The van der Waals surface area contributed by atoms with Crippen LogP contribution in [0.2, 0.25) is 5.02 Å². The summed E-state index contributed by atoms with van der Waals surface area (Å²) in [6.45, 7) is 1.82. The maximum Gasteiger partial charge on any atom is 0.335 e. The van der Waals surface area contributed by atoms with Crippen LogP contribution in [0.1, 0.15) is 21.5 Å². The van der Waals surface area contributed by atoms with E-state index in [4.69, 9.17) is 16.7 Å². The van der Waals surface area contributed by atoms with Crippen LogP contribution in [0.3, 0.4) is 0 Å². The molecule has 0 atom stereocenters. The van der Waals surface area contributed by atoms with Gasteiger partial charge in [0.05, 0.1) is 21.2 Å². The summed E-state index contributed by atoms with van der Waals surface area (Å²) in [6.07, 6.45) is 0. The minimum Gasteiger partial charge on any atom is -0.478 e. The fourth-order valence-electron chi connectivity index (χ4n) is 1.93. The standard InChI is InChI=1S/C15H13ClO4S/c1-10-4-2-3-5-12(10)9-21(19,20)14-8-11(15(17)18)6-7-13(14)16/h2-8H,9H2,1H3,(H,17,18). The van der Waals surface area contributed by atoms with Crippen molar-refractivity contribution < 1.29 is 18.3 Å². The number of aryl methyl sites for hydroxylation is 1. The van der Waals surface area contributed by atoms with Gasteiger partial charge in [0.2, 0.25) is 0 Å². The smallest absolute Gasteiger partial charge is 0.335 e. The number of benzene rings is 2. The highest BCUT2D eigenvalue weighted by atomic mass is 35.5. The Balaban J connectivity index is 2.47. The maximum atomic E-state index is 12.5. The van der Waals surface area contributed by atoms with E-state index in [0.717, 1.165) is 11.6 Å². The van der Waals surface area contributed by atoms with Crippen LogP contribution < -0.4 is 0 Å². The second-order valence-electron chi connectivity index (χ2n) is 4.64. The third-order valence-corrected chi connectivity index (χ3v) is 5.26. The number of carboxylic acid groups (broad SMARTS) is 1. The molecule has 0 unspecified atom stereocenters. The Hall–Kier alpha value is -1.85. The van der Waals surface area contributed by atoms with Crippen molar-refractivity contribution in [2.24, 2.45) is 0 Å². The molecule has 0 aliphatic carbocycles. The molecule has 0 aromatic heterocycles. The first kappa shape index (κ1) is 15.5. The van der Waals surface area contributed by atoms with Gasteiger partial charge < -0.3 is 5.11 Å². The molecule has 0 heterocycles. The molecule has 2 rings (SSSR count). The summed E-state index contributed by atoms with van der Waals surface area (Å²) in [7, 11) is -3.72. The van der Waals surface area contributed by atoms with Gasteiger partial charge in [-0.25, -0.2) is 13.2 Å². The van der Waals surface area contributed by atoms with Crippen molar-refractivity contribution in [3.63, 3.8) is 0 Å². The Labute approximate surface area is 127 Å². The van der Waals surface area contributed by atoms with Gasteiger partial charge in [0, 0.05) is 0 Å². The number of hydrogen-bond acceptors (Lipinski definition) is 3. The summed E-state index contributed by atoms with van der Waals surface area (Å²) < 4.78 is 24.9. The van der Waals surface area contributed by atoms with E-state index in [2.05, 4.69) is 0 Å². The molecule has 2 aromatic rings. The molecule has 0 bridgehead atoms. The zero-order chi connectivity index (χ0) is 15.6. The van der Waals surface area contributed by atoms with E-state index in [9.17, 15) is 13.2 Å². The summed E-state index contributed by atoms with van der Waals surface area (Å²) in [5.74, 6) is -1.42. The predicted molar refractivity (Wildman–Crippen MR) is 80.5 cm³/mol. The van der Waals surface area contributed by atoms with E-state index in [0.29, 0.717) is 5.56 Å². The molecule has 0 spiro atoms. The van der Waals surface area contributed by atoms with Crippen LogP contribution in [0.5, 0.6) is 0 Å². The van der Waals surface area contributed by atoms with Crippen LogP contribution in [-0.4, -0.2) is 19.5 Å². The molecule has 4 nitrogen and oxygen atoms in total. The van der Waals surface area contributed by atoms with E-state index < -0.39 is 15.8 Å². The minimum absolute atomic E-state index is 0.0218. The van der Waals surface area contributed by atoms with E-state index in [1.54, 1.807) is 12.1 Å². The van der Waals surface area contributed by atoms with Gasteiger partial charge in [-0.1, -0.05) is 35.9 Å². The van der Waals surface area contributed by atoms with Crippen molar-refractivity contribution in [1.29, 1.82) is 0 Å². The summed E-state index contributed by atoms with van der Waals surface area (Å²) >= 11 is 5.92. The van der Waals surface area contributed by atoms with Crippen LogP contribution in [0.4, 0.5) is 0 Å². The number of sulfone groups is 1. The largest absolute Gasteiger partial charge is 0.478 e. The highest BCUT2D eigenvalue weighted by molar-refractivity contribution is 7.90. The Kier molecular flexibility index (Phi) is 4.34. The van der Waals surface area contributed by atoms with Gasteiger partial charge in [-0.3, -0.25) is 0 Å². The van der Waals surface area contributed by atoms with Gasteiger partial charge in [0.15, 0.2) is 9.84 Å². The SMILES string of the molecule is Cc1ccccc1CS(=O)(=O)c1cc(C(=O)O)ccc1Cl. The molecule has 0 saturated carbocycles. The average molecular weight is 325 g/mol. The van der Waals surface area contributed by atoms with E-state index >= 15 is 0 Å². The van der Waals surface area contributed by atoms with Crippen molar-refractivity contribution in [1.82, 2.24) is 0 Å². The molecule has 0 aliphatic heterocycles. The predicted octanol–water partition coefficient (Wildman–Crippen LogP) is 3.32. The van der Waals surface area contributed by atoms with E-state index in [-0.39, 0.29) is 21.2 Å². The normalized spacial score (nSPS) is 11.3. The number of rotatable bonds is 4. The summed E-state index contributed by atoms with van der Waals surface area (Å²) in [5.41, 5.74) is 1.41. The third-order valence-electron chi connectivity index (χ3n) is 3.12. The second-order valence-corrected chi connectivity index (χ2v) is 7.00. The van der Waals surface area contributed by atoms with Gasteiger partial charge in [-0.2, -0.15) is 0 Å². The summed E-state index contributed by atoms with van der Waals surface area (Å²) in [6, 6.07) is 10.8. The summed E-state index contributed by atoms with van der Waals surface area (Å²) in [4.78, 5) is 10.8. The molecule has 21 heavy (non-hydrogen) atoms. The van der Waals surface area contributed by atoms with E-state index in [1.807, 2.05) is 19.1 Å². The zero-order valence-electron chi connectivity index (χ0n) is 11.2. The number of halogens is 1. The van der Waals surface area contributed by atoms with Crippen molar-refractivity contribution in [2.45, 2.75) is 17.6 Å². The lowest BCUT2D eigenvalue weighted by molar-refractivity contribution is 0.0696. The van der Waals surface area contributed by atoms with Crippen LogP contribution in [0.15, 0.2) is 47.4 Å². The van der Waals surface area contributed by atoms with Gasteiger partial charge in [0.25, 0.3) is 0 Å². The number of hydrogen-bond donors (Lipinski definition) is 1. The topological polar surface area (TPSA) is 71.4 Å². The highest BCUT2D eigenvalue weighted by Gasteiger charge is 2.21. The highest BCUT2D eigenvalue weighted by Crippen LogP contribution is 2.26. The molecule has 6 heteroatoms. The molecule has 0 aliphatic rings. The molecule has 0 radical (unpaired) electrons. The first-order valence-corrected chi connectivity index (χ1v) is 8.14. The van der Waals surface area contributed by atoms with Crippen molar-refractivity contribution in [3.05, 3.63) is 64.2 Å². The molecule has 2 aromatic carbocycles. The Morgan fingerprint density at radius 2 is 1.86 bits per heavy atom. The zero-order valence-corrected chi connectivity index (χ0v) is 12.8. The van der Waals surface area contributed by atoms with Crippen molar-refractivity contribution >= 4 is 27.4 Å².